The van der Waals surface area contributed by atoms with E-state index in [-0.39, 0.29) is 12.5 Å². The molecule has 0 aliphatic carbocycles. The van der Waals surface area contributed by atoms with Crippen molar-refractivity contribution in [3.63, 3.8) is 0 Å². The highest BCUT2D eigenvalue weighted by Gasteiger charge is 2.19. The molecule has 4 aromatic rings. The predicted octanol–water partition coefficient (Wildman–Crippen LogP) is 3.72. The Hall–Kier alpha value is -3.48. The van der Waals surface area contributed by atoms with Gasteiger partial charge in [-0.15, -0.1) is 0 Å². The maximum absolute atomic E-state index is 13.0. The quantitative estimate of drug-likeness (QED) is 0.497. The molecule has 31 heavy (non-hydrogen) atoms. The molecule has 0 fully saturated rings. The van der Waals surface area contributed by atoms with Crippen LogP contribution >= 0.6 is 0 Å². The maximum Gasteiger partial charge on any atom is 0.244 e. The van der Waals surface area contributed by atoms with Crippen LogP contribution in [0.4, 0.5) is 0 Å². The largest absolute Gasteiger partial charge is 0.340 e. The van der Waals surface area contributed by atoms with Gasteiger partial charge < -0.3 is 4.90 Å². The molecule has 0 spiro atoms. The minimum Gasteiger partial charge on any atom is -0.340 e. The Balaban J connectivity index is 1.62. The molecule has 0 radical (unpaired) electrons. The highest BCUT2D eigenvalue weighted by atomic mass is 16.2. The number of nitrogens with zero attached hydrogens (tertiary/aromatic N) is 6. The average molecular weight is 417 g/mol. The summed E-state index contributed by atoms with van der Waals surface area (Å²) in [4.78, 5) is 19.3. The second-order valence-corrected chi connectivity index (χ2v) is 8.19. The zero-order valence-electron chi connectivity index (χ0n) is 19.0. The molecule has 1 amide bonds. The monoisotopic (exact) mass is 416 g/mol. The van der Waals surface area contributed by atoms with Crippen molar-refractivity contribution < 1.29 is 4.79 Å². The molecule has 0 N–H and O–H groups in total. The fourth-order valence-electron chi connectivity index (χ4n) is 3.99. The number of pyridine rings is 1. The standard InChI is InChI=1S/C24H28N6O/c1-15-7-9-19(10-8-15)20-11-12-25-24-23(20)17(3)27-30(24)14-22(31)28(5)13-21-16(2)26-29(6)18(21)4/h7-12H,13-14H2,1-6H3. The Labute approximate surface area is 182 Å². The molecule has 4 rings (SSSR count). The van der Waals surface area contributed by atoms with Crippen molar-refractivity contribution in [3.8, 4) is 11.1 Å². The third-order valence-electron chi connectivity index (χ3n) is 5.94. The second-order valence-electron chi connectivity index (χ2n) is 8.19. The van der Waals surface area contributed by atoms with Gasteiger partial charge in [-0.25, -0.2) is 9.67 Å². The lowest BCUT2D eigenvalue weighted by Crippen LogP contribution is -2.30. The Morgan fingerprint density at radius 3 is 2.35 bits per heavy atom. The molecular formula is C24H28N6O. The van der Waals surface area contributed by atoms with Crippen LogP contribution in [0.25, 0.3) is 22.2 Å². The number of rotatable bonds is 5. The number of aromatic nitrogens is 5. The zero-order chi connectivity index (χ0) is 22.3. The summed E-state index contributed by atoms with van der Waals surface area (Å²) < 4.78 is 3.56. The number of amides is 1. The van der Waals surface area contributed by atoms with Gasteiger partial charge in [0.2, 0.25) is 5.91 Å². The number of benzene rings is 1. The van der Waals surface area contributed by atoms with E-state index in [1.807, 2.05) is 45.6 Å². The van der Waals surface area contributed by atoms with Gasteiger partial charge in [0.1, 0.15) is 6.54 Å². The van der Waals surface area contributed by atoms with Gasteiger partial charge in [-0.05, 0) is 44.9 Å². The van der Waals surface area contributed by atoms with Gasteiger partial charge in [-0.1, -0.05) is 29.8 Å². The van der Waals surface area contributed by atoms with Gasteiger partial charge in [0.05, 0.1) is 11.4 Å². The summed E-state index contributed by atoms with van der Waals surface area (Å²) in [6, 6.07) is 10.4. The van der Waals surface area contributed by atoms with Crippen molar-refractivity contribution in [2.24, 2.45) is 7.05 Å². The molecular weight excluding hydrogens is 388 g/mol. The Morgan fingerprint density at radius 1 is 1.00 bits per heavy atom. The third kappa shape index (κ3) is 3.83. The van der Waals surface area contributed by atoms with Crippen LogP contribution in [0, 0.1) is 27.7 Å². The topological polar surface area (TPSA) is 68.8 Å². The number of fused-ring (bicyclic) bond motifs is 1. The van der Waals surface area contributed by atoms with Crippen LogP contribution in [0.5, 0.6) is 0 Å². The van der Waals surface area contributed by atoms with Crippen LogP contribution in [0.15, 0.2) is 36.5 Å². The Bertz CT molecular complexity index is 1270. The van der Waals surface area contributed by atoms with Gasteiger partial charge in [0, 0.05) is 43.5 Å². The molecule has 3 heterocycles. The molecule has 0 bridgehead atoms. The van der Waals surface area contributed by atoms with Crippen molar-refractivity contribution in [1.29, 1.82) is 0 Å². The number of hydrogen-bond donors (Lipinski definition) is 0. The van der Waals surface area contributed by atoms with Gasteiger partial charge in [-0.3, -0.25) is 9.48 Å². The Morgan fingerprint density at radius 2 is 1.71 bits per heavy atom. The molecule has 7 nitrogen and oxygen atoms in total. The summed E-state index contributed by atoms with van der Waals surface area (Å²) in [7, 11) is 3.74. The van der Waals surface area contributed by atoms with Crippen molar-refractivity contribution in [3.05, 3.63) is 64.7 Å². The minimum atomic E-state index is -0.0189. The SMILES string of the molecule is Cc1ccc(-c2ccnc3c2c(C)nn3CC(=O)N(C)Cc2c(C)nn(C)c2C)cc1. The van der Waals surface area contributed by atoms with Crippen molar-refractivity contribution in [2.45, 2.75) is 40.8 Å². The van der Waals surface area contributed by atoms with Crippen LogP contribution in [0.2, 0.25) is 0 Å². The first-order valence-corrected chi connectivity index (χ1v) is 10.4. The molecule has 0 saturated carbocycles. The summed E-state index contributed by atoms with van der Waals surface area (Å²) in [5, 5.41) is 10.1. The Kier molecular flexibility index (Phi) is 5.35. The summed E-state index contributed by atoms with van der Waals surface area (Å²) in [6.07, 6.45) is 1.78. The lowest BCUT2D eigenvalue weighted by Gasteiger charge is -2.17. The first-order chi connectivity index (χ1) is 14.8. The maximum atomic E-state index is 13.0. The van der Waals surface area contributed by atoms with Crippen molar-refractivity contribution in [2.75, 3.05) is 7.05 Å². The summed E-state index contributed by atoms with van der Waals surface area (Å²) in [6.45, 7) is 8.70. The number of likely N-dealkylation sites (N-methyl/N-ethyl adjacent to an activating group) is 1. The van der Waals surface area contributed by atoms with E-state index in [2.05, 4.69) is 46.4 Å². The van der Waals surface area contributed by atoms with E-state index in [9.17, 15) is 4.79 Å². The molecule has 0 aliphatic rings. The smallest absolute Gasteiger partial charge is 0.244 e. The molecule has 0 aliphatic heterocycles. The van der Waals surface area contributed by atoms with Gasteiger partial charge in [0.25, 0.3) is 0 Å². The lowest BCUT2D eigenvalue weighted by atomic mass is 10.0. The number of aryl methyl sites for hydroxylation is 4. The van der Waals surface area contributed by atoms with E-state index in [1.54, 1.807) is 15.8 Å². The lowest BCUT2D eigenvalue weighted by molar-refractivity contribution is -0.131. The third-order valence-corrected chi connectivity index (χ3v) is 5.94. The van der Waals surface area contributed by atoms with E-state index in [4.69, 9.17) is 0 Å². The first kappa shape index (κ1) is 20.8. The molecule has 3 aromatic heterocycles. The minimum absolute atomic E-state index is 0.0189. The number of hydrogen-bond acceptors (Lipinski definition) is 4. The van der Waals surface area contributed by atoms with Crippen LogP contribution in [-0.2, 0) is 24.9 Å². The first-order valence-electron chi connectivity index (χ1n) is 10.4. The predicted molar refractivity (Wildman–Crippen MR) is 122 cm³/mol. The molecule has 1 aromatic carbocycles. The van der Waals surface area contributed by atoms with E-state index >= 15 is 0 Å². The molecule has 0 saturated heterocycles. The van der Waals surface area contributed by atoms with Crippen LogP contribution in [0.1, 0.15) is 28.2 Å². The molecule has 160 valence electrons. The van der Waals surface area contributed by atoms with Crippen LogP contribution in [-0.4, -0.2) is 42.4 Å². The van der Waals surface area contributed by atoms with Crippen molar-refractivity contribution >= 4 is 16.9 Å². The van der Waals surface area contributed by atoms with Crippen LogP contribution in [0.3, 0.4) is 0 Å². The fraction of sp³-hybridized carbons (Fsp3) is 0.333. The highest BCUT2D eigenvalue weighted by Crippen LogP contribution is 2.30. The normalized spacial score (nSPS) is 11.3. The number of carbonyl (C=O) groups excluding carboxylic acids is 1. The van der Waals surface area contributed by atoms with Crippen molar-refractivity contribution in [1.82, 2.24) is 29.4 Å². The van der Waals surface area contributed by atoms with E-state index in [1.165, 1.54) is 5.56 Å². The van der Waals surface area contributed by atoms with Gasteiger partial charge >= 0.3 is 0 Å². The summed E-state index contributed by atoms with van der Waals surface area (Å²) in [5.74, 6) is -0.0189. The zero-order valence-corrected chi connectivity index (χ0v) is 19.0. The van der Waals surface area contributed by atoms with Gasteiger partial charge in [-0.2, -0.15) is 10.2 Å². The van der Waals surface area contributed by atoms with E-state index < -0.39 is 0 Å². The fourth-order valence-corrected chi connectivity index (χ4v) is 3.99. The molecule has 7 heteroatoms. The van der Waals surface area contributed by atoms with E-state index in [0.717, 1.165) is 44.8 Å². The van der Waals surface area contributed by atoms with Gasteiger partial charge in [0.15, 0.2) is 5.65 Å². The van der Waals surface area contributed by atoms with E-state index in [0.29, 0.717) is 6.54 Å². The molecule has 0 unspecified atom stereocenters. The summed E-state index contributed by atoms with van der Waals surface area (Å²) in [5.41, 5.74) is 8.11. The number of carbonyl (C=O) groups is 1. The molecule has 0 atom stereocenters. The van der Waals surface area contributed by atoms with Crippen LogP contribution < -0.4 is 0 Å². The average Bonchev–Trinajstić information content (AvgIpc) is 3.18. The second kappa shape index (κ2) is 7.98. The summed E-state index contributed by atoms with van der Waals surface area (Å²) >= 11 is 0. The highest BCUT2D eigenvalue weighted by molar-refractivity contribution is 5.95.